The Balaban J connectivity index is 1.51. The summed E-state index contributed by atoms with van der Waals surface area (Å²) in [6.07, 6.45) is 0. The predicted molar refractivity (Wildman–Crippen MR) is 199 cm³/mol. The normalized spacial score (nSPS) is 12.4. The van der Waals surface area contributed by atoms with Gasteiger partial charge in [0.2, 0.25) is 0 Å². The van der Waals surface area contributed by atoms with Crippen LogP contribution in [0.3, 0.4) is 0 Å². The highest BCUT2D eigenvalue weighted by Crippen LogP contribution is 2.49. The maximum atomic E-state index is 6.49. The van der Waals surface area contributed by atoms with E-state index in [1.807, 2.05) is 13.0 Å². The lowest BCUT2D eigenvalue weighted by molar-refractivity contribution is 0.668. The minimum atomic E-state index is 0.827. The van der Waals surface area contributed by atoms with Crippen LogP contribution in [0.5, 0.6) is 0 Å². The summed E-state index contributed by atoms with van der Waals surface area (Å²) in [5, 5.41) is 11.1. The van der Waals surface area contributed by atoms with E-state index in [9.17, 15) is 0 Å². The van der Waals surface area contributed by atoms with Crippen LogP contribution in [0.4, 0.5) is 0 Å². The second kappa shape index (κ2) is 9.20. The van der Waals surface area contributed by atoms with Crippen molar-refractivity contribution in [3.8, 4) is 16.8 Å². The summed E-state index contributed by atoms with van der Waals surface area (Å²) in [6.45, 7) is 10.9. The zero-order valence-corrected chi connectivity index (χ0v) is 27.1. The number of hydrogen-bond acceptors (Lipinski definition) is 2. The van der Waals surface area contributed by atoms with Gasteiger partial charge in [0.05, 0.1) is 16.4 Å². The van der Waals surface area contributed by atoms with Gasteiger partial charge in [0.15, 0.2) is 5.58 Å². The Morgan fingerprint density at radius 2 is 1.34 bits per heavy atom. The maximum Gasteiger partial charge on any atom is 0.153 e. The molecule has 0 N–H and O–H groups in total. The molecule has 224 valence electrons. The molecule has 0 aliphatic heterocycles. The van der Waals surface area contributed by atoms with Gasteiger partial charge in [0.1, 0.15) is 11.1 Å². The van der Waals surface area contributed by atoms with Gasteiger partial charge in [-0.1, -0.05) is 60.2 Å². The van der Waals surface area contributed by atoms with Crippen molar-refractivity contribution in [1.82, 2.24) is 9.55 Å². The monoisotopic (exact) mass is 604 g/mol. The van der Waals surface area contributed by atoms with Crippen LogP contribution in [0.2, 0.25) is 0 Å². The van der Waals surface area contributed by atoms with Gasteiger partial charge in [-0.2, -0.15) is 0 Å². The molecule has 3 nitrogen and oxygen atoms in total. The molecule has 10 rings (SSSR count). The standard InChI is InChI=1S/C44H32N2O/c1-23-13-17-36-31(19-23)34-22-33-32(39-25(3)10-8-11-26(39)4)20-28-21-38-42(43-37(47-38)18-14-27(5)45-43)29-15-16-30(41(33)40(28)29)44(34)46(36)35-12-7-6-9-24(35)2/h6-22H,1-5H3. The fourth-order valence-electron chi connectivity index (χ4n) is 8.38. The van der Waals surface area contributed by atoms with Gasteiger partial charge in [0.25, 0.3) is 0 Å². The molecule has 0 atom stereocenters. The van der Waals surface area contributed by atoms with Gasteiger partial charge >= 0.3 is 0 Å². The van der Waals surface area contributed by atoms with Crippen LogP contribution in [0.25, 0.3) is 93.0 Å². The zero-order valence-electron chi connectivity index (χ0n) is 27.1. The molecule has 10 aromatic rings. The van der Waals surface area contributed by atoms with Crippen LogP contribution in [0.1, 0.15) is 27.9 Å². The minimum absolute atomic E-state index is 0.827. The average molecular weight is 605 g/mol. The molecule has 0 amide bonds. The number of rotatable bonds is 2. The number of hydrogen-bond donors (Lipinski definition) is 0. The van der Waals surface area contributed by atoms with Crippen molar-refractivity contribution < 1.29 is 4.42 Å². The van der Waals surface area contributed by atoms with Crippen molar-refractivity contribution in [2.45, 2.75) is 34.6 Å². The van der Waals surface area contributed by atoms with E-state index in [-0.39, 0.29) is 0 Å². The molecule has 0 saturated heterocycles. The number of fused-ring (bicyclic) bond motifs is 8. The molecule has 0 radical (unpaired) electrons. The van der Waals surface area contributed by atoms with Crippen molar-refractivity contribution in [2.75, 3.05) is 0 Å². The van der Waals surface area contributed by atoms with Crippen molar-refractivity contribution in [2.24, 2.45) is 0 Å². The van der Waals surface area contributed by atoms with E-state index in [0.717, 1.165) is 27.8 Å². The third kappa shape index (κ3) is 3.49. The van der Waals surface area contributed by atoms with E-state index >= 15 is 0 Å². The van der Waals surface area contributed by atoms with Gasteiger partial charge in [-0.15, -0.1) is 0 Å². The molecular weight excluding hydrogens is 572 g/mol. The Bertz CT molecular complexity index is 2930. The fourth-order valence-corrected chi connectivity index (χ4v) is 8.38. The molecule has 0 aliphatic rings. The van der Waals surface area contributed by atoms with Gasteiger partial charge in [-0.05, 0) is 133 Å². The van der Waals surface area contributed by atoms with E-state index in [0.29, 0.717) is 0 Å². The molecule has 0 aliphatic carbocycles. The number of para-hydroxylation sites is 1. The van der Waals surface area contributed by atoms with Crippen LogP contribution < -0.4 is 0 Å². The summed E-state index contributed by atoms with van der Waals surface area (Å²) in [4.78, 5) is 4.99. The van der Waals surface area contributed by atoms with Crippen molar-refractivity contribution in [3.63, 3.8) is 0 Å². The van der Waals surface area contributed by atoms with E-state index in [1.54, 1.807) is 0 Å². The first-order valence-electron chi connectivity index (χ1n) is 16.4. The van der Waals surface area contributed by atoms with E-state index in [4.69, 9.17) is 9.40 Å². The summed E-state index contributed by atoms with van der Waals surface area (Å²) in [7, 11) is 0. The third-order valence-electron chi connectivity index (χ3n) is 10.4. The highest BCUT2D eigenvalue weighted by atomic mass is 16.3. The van der Waals surface area contributed by atoms with Crippen molar-refractivity contribution in [1.29, 1.82) is 0 Å². The first-order chi connectivity index (χ1) is 22.9. The van der Waals surface area contributed by atoms with E-state index < -0.39 is 0 Å². The highest BCUT2D eigenvalue weighted by molar-refractivity contribution is 6.37. The largest absolute Gasteiger partial charge is 0.454 e. The molecule has 3 heterocycles. The lowest BCUT2D eigenvalue weighted by Gasteiger charge is -2.20. The summed E-state index contributed by atoms with van der Waals surface area (Å²) in [6, 6.07) is 38.2. The van der Waals surface area contributed by atoms with Gasteiger partial charge in [-0.3, -0.25) is 0 Å². The Morgan fingerprint density at radius 3 is 2.17 bits per heavy atom. The minimum Gasteiger partial charge on any atom is -0.454 e. The average Bonchev–Trinajstić information content (AvgIpc) is 3.58. The molecule has 0 unspecified atom stereocenters. The molecule has 3 aromatic heterocycles. The Kier molecular flexibility index (Phi) is 5.20. The summed E-state index contributed by atoms with van der Waals surface area (Å²) in [5.41, 5.74) is 15.0. The predicted octanol–water partition coefficient (Wildman–Crippen LogP) is 12.2. The van der Waals surface area contributed by atoms with Crippen LogP contribution in [0, 0.1) is 34.6 Å². The molecular formula is C44H32N2O. The quantitative estimate of drug-likeness (QED) is 0.184. The summed E-state index contributed by atoms with van der Waals surface area (Å²) >= 11 is 0. The van der Waals surface area contributed by atoms with Crippen molar-refractivity contribution in [3.05, 3.63) is 131 Å². The van der Waals surface area contributed by atoms with Gasteiger partial charge in [-0.25, -0.2) is 4.98 Å². The molecule has 0 bridgehead atoms. The Morgan fingerprint density at radius 1 is 0.553 bits per heavy atom. The maximum absolute atomic E-state index is 6.49. The number of benzene rings is 7. The SMILES string of the molecule is Cc1ccc2c(c1)c1cc3c(-c4c(C)cccc4C)cc4cc5oc6ccc(C)nc6c5c5ccc(c3c45)c1n2-c1ccccc1C. The van der Waals surface area contributed by atoms with Crippen LogP contribution >= 0.6 is 0 Å². The molecule has 0 saturated carbocycles. The van der Waals surface area contributed by atoms with E-state index in [2.05, 4.69) is 129 Å². The van der Waals surface area contributed by atoms with E-state index in [1.165, 1.54) is 93.2 Å². The number of aromatic nitrogens is 2. The highest BCUT2D eigenvalue weighted by Gasteiger charge is 2.24. The lowest BCUT2D eigenvalue weighted by Crippen LogP contribution is -1.98. The first kappa shape index (κ1) is 26.5. The molecule has 3 heteroatoms. The Labute approximate surface area is 272 Å². The summed E-state index contributed by atoms with van der Waals surface area (Å²) < 4.78 is 8.99. The third-order valence-corrected chi connectivity index (χ3v) is 10.4. The number of nitrogens with zero attached hydrogens (tertiary/aromatic N) is 2. The van der Waals surface area contributed by atoms with Crippen LogP contribution in [-0.4, -0.2) is 9.55 Å². The second-order valence-corrected chi connectivity index (χ2v) is 13.4. The van der Waals surface area contributed by atoms with Crippen LogP contribution in [-0.2, 0) is 0 Å². The Hall–Kier alpha value is -5.67. The fraction of sp³-hybridized carbons (Fsp3) is 0.114. The first-order valence-corrected chi connectivity index (χ1v) is 16.4. The van der Waals surface area contributed by atoms with Gasteiger partial charge in [0, 0.05) is 32.9 Å². The zero-order chi connectivity index (χ0) is 31.7. The number of pyridine rings is 1. The molecule has 7 aromatic carbocycles. The lowest BCUT2D eigenvalue weighted by atomic mass is 9.84. The number of aryl methyl sites for hydroxylation is 5. The molecule has 0 fully saturated rings. The molecule has 47 heavy (non-hydrogen) atoms. The second-order valence-electron chi connectivity index (χ2n) is 13.4. The smallest absolute Gasteiger partial charge is 0.153 e. The van der Waals surface area contributed by atoms with Gasteiger partial charge < -0.3 is 8.98 Å². The van der Waals surface area contributed by atoms with Crippen molar-refractivity contribution >= 4 is 76.2 Å². The number of furan rings is 1. The molecule has 0 spiro atoms. The summed E-state index contributed by atoms with van der Waals surface area (Å²) in [5.74, 6) is 0. The van der Waals surface area contributed by atoms with Crippen LogP contribution in [0.15, 0.2) is 108 Å². The topological polar surface area (TPSA) is 31.0 Å².